The highest BCUT2D eigenvalue weighted by Gasteiger charge is 2.19. The highest BCUT2D eigenvalue weighted by atomic mass is 35.5. The molecule has 1 heterocycles. The maximum atomic E-state index is 13.2. The van der Waals surface area contributed by atoms with E-state index in [4.69, 9.17) is 16.6 Å². The van der Waals surface area contributed by atoms with Crippen molar-refractivity contribution in [1.82, 2.24) is 9.55 Å². The maximum Gasteiger partial charge on any atom is 0.337 e. The van der Waals surface area contributed by atoms with E-state index in [1.807, 2.05) is 38.1 Å². The zero-order chi connectivity index (χ0) is 23.0. The Morgan fingerprint density at radius 2 is 1.81 bits per heavy atom. The number of aryl methyl sites for hydroxylation is 1. The van der Waals surface area contributed by atoms with Crippen LogP contribution in [0.4, 0.5) is 5.69 Å². The lowest BCUT2D eigenvalue weighted by molar-refractivity contribution is 0.0698. The van der Waals surface area contributed by atoms with Gasteiger partial charge in [-0.2, -0.15) is 0 Å². The average molecular weight is 448 g/mol. The largest absolute Gasteiger partial charge is 0.478 e. The van der Waals surface area contributed by atoms with Gasteiger partial charge in [0.1, 0.15) is 5.82 Å². The lowest BCUT2D eigenvalue weighted by atomic mass is 10.00. The standard InChI is InChI=1S/C25H22ClN3O3/c1-14-12-19(15(2)27-21-7-5-4-6-18(21)25(31)32)22-20(13-14)24(30)29(3)23(28-22)16-8-10-17(26)11-9-16/h4-13,15,27H,1-3H3,(H,31,32)/t15-/m1/s1. The predicted octanol–water partition coefficient (Wildman–Crippen LogP) is 5.43. The fourth-order valence-electron chi connectivity index (χ4n) is 3.85. The van der Waals surface area contributed by atoms with Gasteiger partial charge in [0, 0.05) is 28.9 Å². The van der Waals surface area contributed by atoms with Crippen LogP contribution in [0.25, 0.3) is 22.3 Å². The van der Waals surface area contributed by atoms with Gasteiger partial charge < -0.3 is 10.4 Å². The number of carboxylic acid groups (broad SMARTS) is 1. The fraction of sp³-hybridized carbons (Fsp3) is 0.160. The van der Waals surface area contributed by atoms with Crippen molar-refractivity contribution < 1.29 is 9.90 Å². The van der Waals surface area contributed by atoms with Crippen molar-refractivity contribution in [3.8, 4) is 11.4 Å². The number of fused-ring (bicyclic) bond motifs is 1. The molecule has 162 valence electrons. The van der Waals surface area contributed by atoms with E-state index in [1.54, 1.807) is 43.4 Å². The number of halogens is 1. The number of aromatic carboxylic acids is 1. The minimum absolute atomic E-state index is 0.150. The molecule has 0 amide bonds. The molecule has 4 aromatic rings. The summed E-state index contributed by atoms with van der Waals surface area (Å²) in [7, 11) is 1.70. The minimum Gasteiger partial charge on any atom is -0.478 e. The molecular weight excluding hydrogens is 426 g/mol. The van der Waals surface area contributed by atoms with E-state index < -0.39 is 5.97 Å². The van der Waals surface area contributed by atoms with Crippen molar-refractivity contribution >= 4 is 34.2 Å². The molecule has 0 saturated heterocycles. The molecular formula is C25H22ClN3O3. The van der Waals surface area contributed by atoms with E-state index in [9.17, 15) is 14.7 Å². The molecule has 0 unspecified atom stereocenters. The number of anilines is 1. The summed E-state index contributed by atoms with van der Waals surface area (Å²) in [5.41, 5.74) is 3.63. The molecule has 6 nitrogen and oxygen atoms in total. The van der Waals surface area contributed by atoms with Gasteiger partial charge in [-0.25, -0.2) is 9.78 Å². The molecule has 0 fully saturated rings. The van der Waals surface area contributed by atoms with Crippen LogP contribution in [0, 0.1) is 6.92 Å². The molecule has 2 N–H and O–H groups in total. The van der Waals surface area contributed by atoms with Crippen molar-refractivity contribution in [3.05, 3.63) is 92.7 Å². The van der Waals surface area contributed by atoms with E-state index in [-0.39, 0.29) is 17.2 Å². The SMILES string of the molecule is Cc1cc([C@@H](C)Nc2ccccc2C(=O)O)c2nc(-c3ccc(Cl)cc3)n(C)c(=O)c2c1. The molecule has 4 rings (SSSR count). The summed E-state index contributed by atoms with van der Waals surface area (Å²) in [5.74, 6) is -0.478. The van der Waals surface area contributed by atoms with Gasteiger partial charge in [-0.1, -0.05) is 29.8 Å². The molecule has 0 bridgehead atoms. The predicted molar refractivity (Wildman–Crippen MR) is 128 cm³/mol. The highest BCUT2D eigenvalue weighted by Crippen LogP contribution is 2.29. The number of rotatable bonds is 5. The van der Waals surface area contributed by atoms with Gasteiger partial charge in [0.25, 0.3) is 5.56 Å². The molecule has 0 spiro atoms. The normalized spacial score (nSPS) is 12.0. The fourth-order valence-corrected chi connectivity index (χ4v) is 3.97. The summed E-state index contributed by atoms with van der Waals surface area (Å²) in [6.45, 7) is 3.85. The molecule has 1 atom stereocenters. The molecule has 0 radical (unpaired) electrons. The number of carboxylic acids is 1. The second-order valence-corrected chi connectivity index (χ2v) is 8.21. The number of benzene rings is 3. The summed E-state index contributed by atoms with van der Waals surface area (Å²) < 4.78 is 1.53. The zero-order valence-electron chi connectivity index (χ0n) is 17.9. The Morgan fingerprint density at radius 1 is 1.12 bits per heavy atom. The summed E-state index contributed by atoms with van der Waals surface area (Å²) in [6, 6.07) is 17.4. The molecule has 0 aliphatic heterocycles. The van der Waals surface area contributed by atoms with Crippen molar-refractivity contribution in [3.63, 3.8) is 0 Å². The van der Waals surface area contributed by atoms with Crippen LogP contribution in [0.5, 0.6) is 0 Å². The second-order valence-electron chi connectivity index (χ2n) is 7.77. The van der Waals surface area contributed by atoms with E-state index in [2.05, 4.69) is 5.32 Å². The van der Waals surface area contributed by atoms with Gasteiger partial charge >= 0.3 is 5.97 Å². The van der Waals surface area contributed by atoms with Crippen molar-refractivity contribution in [2.45, 2.75) is 19.9 Å². The molecule has 0 aliphatic carbocycles. The maximum absolute atomic E-state index is 13.2. The van der Waals surface area contributed by atoms with Crippen LogP contribution in [0.2, 0.25) is 5.02 Å². The monoisotopic (exact) mass is 447 g/mol. The van der Waals surface area contributed by atoms with Gasteiger partial charge in [-0.3, -0.25) is 9.36 Å². The number of carbonyl (C=O) groups is 1. The van der Waals surface area contributed by atoms with Crippen LogP contribution < -0.4 is 10.9 Å². The number of hydrogen-bond donors (Lipinski definition) is 2. The lowest BCUT2D eigenvalue weighted by Gasteiger charge is -2.20. The Kier molecular flexibility index (Phi) is 5.72. The van der Waals surface area contributed by atoms with E-state index in [1.165, 1.54) is 4.57 Å². The first-order valence-electron chi connectivity index (χ1n) is 10.1. The summed E-state index contributed by atoms with van der Waals surface area (Å²) in [6.07, 6.45) is 0. The second kappa shape index (κ2) is 8.48. The Labute approximate surface area is 190 Å². The molecule has 0 saturated carbocycles. The molecule has 1 aromatic heterocycles. The molecule has 32 heavy (non-hydrogen) atoms. The van der Waals surface area contributed by atoms with Gasteiger partial charge in [-0.05, 0) is 61.9 Å². The van der Waals surface area contributed by atoms with Crippen molar-refractivity contribution in [1.29, 1.82) is 0 Å². The van der Waals surface area contributed by atoms with E-state index >= 15 is 0 Å². The van der Waals surface area contributed by atoms with Crippen LogP contribution >= 0.6 is 11.6 Å². The Morgan fingerprint density at radius 3 is 2.50 bits per heavy atom. The highest BCUT2D eigenvalue weighted by molar-refractivity contribution is 6.30. The summed E-state index contributed by atoms with van der Waals surface area (Å²) in [5, 5.41) is 13.9. The number of hydrogen-bond acceptors (Lipinski definition) is 4. The third-order valence-electron chi connectivity index (χ3n) is 5.45. The molecule has 0 aliphatic rings. The average Bonchev–Trinajstić information content (AvgIpc) is 2.77. The van der Waals surface area contributed by atoms with Crippen LogP contribution in [-0.2, 0) is 7.05 Å². The molecule has 7 heteroatoms. The molecule has 3 aromatic carbocycles. The zero-order valence-corrected chi connectivity index (χ0v) is 18.6. The van der Waals surface area contributed by atoms with Gasteiger partial charge in [0.05, 0.1) is 22.5 Å². The smallest absolute Gasteiger partial charge is 0.337 e. The van der Waals surface area contributed by atoms with Crippen LogP contribution in [0.1, 0.15) is 34.5 Å². The number of para-hydroxylation sites is 1. The quantitative estimate of drug-likeness (QED) is 0.426. The minimum atomic E-state index is -1.01. The summed E-state index contributed by atoms with van der Waals surface area (Å²) in [4.78, 5) is 29.7. The number of aromatic nitrogens is 2. The first kappa shape index (κ1) is 21.6. The van der Waals surface area contributed by atoms with Gasteiger partial charge in [0.15, 0.2) is 0 Å². The first-order valence-corrected chi connectivity index (χ1v) is 10.5. The third-order valence-corrected chi connectivity index (χ3v) is 5.70. The van der Waals surface area contributed by atoms with E-state index in [0.717, 1.165) is 16.7 Å². The Bertz CT molecular complexity index is 1390. The Balaban J connectivity index is 1.89. The third kappa shape index (κ3) is 3.97. The van der Waals surface area contributed by atoms with Gasteiger partial charge in [-0.15, -0.1) is 0 Å². The summed E-state index contributed by atoms with van der Waals surface area (Å²) >= 11 is 6.02. The Hall–Kier alpha value is -3.64. The van der Waals surface area contributed by atoms with E-state index in [0.29, 0.717) is 27.4 Å². The van der Waals surface area contributed by atoms with Crippen molar-refractivity contribution in [2.75, 3.05) is 5.32 Å². The topological polar surface area (TPSA) is 84.2 Å². The lowest BCUT2D eigenvalue weighted by Crippen LogP contribution is -2.22. The van der Waals surface area contributed by atoms with Crippen LogP contribution in [0.3, 0.4) is 0 Å². The van der Waals surface area contributed by atoms with Crippen LogP contribution in [0.15, 0.2) is 65.5 Å². The van der Waals surface area contributed by atoms with Gasteiger partial charge in [0.2, 0.25) is 0 Å². The first-order chi connectivity index (χ1) is 15.3. The number of nitrogens with one attached hydrogen (secondary N) is 1. The van der Waals surface area contributed by atoms with Crippen LogP contribution in [-0.4, -0.2) is 20.6 Å². The van der Waals surface area contributed by atoms with Crippen molar-refractivity contribution in [2.24, 2.45) is 7.05 Å². The number of nitrogens with zero attached hydrogens (tertiary/aromatic N) is 2.